The maximum Gasteiger partial charge on any atom is 0.101 e. The summed E-state index contributed by atoms with van der Waals surface area (Å²) in [6, 6.07) is 0. The third-order valence-corrected chi connectivity index (χ3v) is 9.62. The molecule has 1 unspecified atom stereocenters. The molecular weight excluding hydrogens is 817 g/mol. The fourth-order valence-electron chi connectivity index (χ4n) is 5.98. The largest absolute Gasteiger partial charge is 0.388 e. The molecule has 0 radical (unpaired) electrons. The van der Waals surface area contributed by atoms with Crippen molar-refractivity contribution < 1.29 is 71.4 Å². The van der Waals surface area contributed by atoms with E-state index in [2.05, 4.69) is 13.8 Å². The Hall–Kier alpha value is -0.600. The Bertz CT molecular complexity index is 788. The topological polar surface area (TPSA) is 149 Å². The summed E-state index contributed by atoms with van der Waals surface area (Å²) in [6.45, 7) is 18.9. The standard InChI is InChI=1S/C48H98O15/c1-3-5-7-9-11-12-13-14-15-17-19-21-62-46-48(49)47-63-45-44-61-43-42-60-41-40-59-39-38-58-37-36-57-35-34-56-33-32-55-31-30-54-29-28-53-27-26-52-25-24-51-23-22-50-20-18-16-10-8-6-4-2/h48-49H,3-47H2,1-2H3. The Morgan fingerprint density at radius 3 is 0.603 bits per heavy atom. The Kier molecular flexibility index (Phi) is 58.9. The van der Waals surface area contributed by atoms with E-state index in [4.69, 9.17) is 66.3 Å². The summed E-state index contributed by atoms with van der Waals surface area (Å²) in [5.74, 6) is 0. The first-order valence-electron chi connectivity index (χ1n) is 25.1. The normalized spacial score (nSPS) is 12.2. The summed E-state index contributed by atoms with van der Waals surface area (Å²) < 4.78 is 77.4. The van der Waals surface area contributed by atoms with Crippen LogP contribution in [0.3, 0.4) is 0 Å². The first kappa shape index (κ1) is 62.4. The van der Waals surface area contributed by atoms with Gasteiger partial charge in [0.15, 0.2) is 0 Å². The summed E-state index contributed by atoms with van der Waals surface area (Å²) in [5, 5.41) is 10.0. The van der Waals surface area contributed by atoms with E-state index in [0.717, 1.165) is 19.4 Å². The zero-order chi connectivity index (χ0) is 45.3. The van der Waals surface area contributed by atoms with Crippen molar-refractivity contribution in [1.29, 1.82) is 0 Å². The highest BCUT2D eigenvalue weighted by Gasteiger charge is 2.05. The fraction of sp³-hybridized carbons (Fsp3) is 1.00. The Morgan fingerprint density at radius 1 is 0.206 bits per heavy atom. The maximum absolute atomic E-state index is 10.0. The minimum atomic E-state index is -0.608. The van der Waals surface area contributed by atoms with Gasteiger partial charge in [0, 0.05) is 13.2 Å². The van der Waals surface area contributed by atoms with Crippen LogP contribution in [0.15, 0.2) is 0 Å². The number of aliphatic hydroxyl groups excluding tert-OH is 1. The average Bonchev–Trinajstić information content (AvgIpc) is 3.29. The van der Waals surface area contributed by atoms with Crippen LogP contribution in [0.2, 0.25) is 0 Å². The fourth-order valence-corrected chi connectivity index (χ4v) is 5.98. The predicted octanol–water partition coefficient (Wildman–Crippen LogP) is 7.25. The second-order valence-electron chi connectivity index (χ2n) is 15.5. The lowest BCUT2D eigenvalue weighted by Gasteiger charge is -2.12. The molecule has 0 aliphatic rings. The number of hydrogen-bond acceptors (Lipinski definition) is 15. The highest BCUT2D eigenvalue weighted by atomic mass is 16.6. The van der Waals surface area contributed by atoms with Gasteiger partial charge in [-0.05, 0) is 12.8 Å². The van der Waals surface area contributed by atoms with Gasteiger partial charge in [-0.3, -0.25) is 0 Å². The van der Waals surface area contributed by atoms with Crippen LogP contribution in [0.4, 0.5) is 0 Å². The van der Waals surface area contributed by atoms with Crippen LogP contribution < -0.4 is 0 Å². The van der Waals surface area contributed by atoms with Crippen molar-refractivity contribution in [3.05, 3.63) is 0 Å². The van der Waals surface area contributed by atoms with Gasteiger partial charge in [0.1, 0.15) is 6.10 Å². The molecule has 1 atom stereocenters. The molecule has 1 N–H and O–H groups in total. The molecule has 0 bridgehead atoms. The zero-order valence-corrected chi connectivity index (χ0v) is 40.6. The van der Waals surface area contributed by atoms with E-state index < -0.39 is 6.10 Å². The Morgan fingerprint density at radius 2 is 0.365 bits per heavy atom. The highest BCUT2D eigenvalue weighted by molar-refractivity contribution is 4.53. The molecule has 0 heterocycles. The monoisotopic (exact) mass is 915 g/mol. The van der Waals surface area contributed by atoms with Gasteiger partial charge in [0.05, 0.1) is 172 Å². The number of aliphatic hydroxyl groups is 1. The van der Waals surface area contributed by atoms with Gasteiger partial charge in [-0.1, -0.05) is 110 Å². The average molecular weight is 915 g/mol. The van der Waals surface area contributed by atoms with E-state index in [-0.39, 0.29) is 6.61 Å². The number of rotatable bonds is 59. The van der Waals surface area contributed by atoms with Gasteiger partial charge in [-0.25, -0.2) is 0 Å². The molecule has 0 aliphatic heterocycles. The lowest BCUT2D eigenvalue weighted by atomic mass is 10.1. The summed E-state index contributed by atoms with van der Waals surface area (Å²) in [6.07, 6.45) is 21.5. The Balaban J connectivity index is 3.11. The lowest BCUT2D eigenvalue weighted by molar-refractivity contribution is -0.0405. The molecule has 0 amide bonds. The second-order valence-corrected chi connectivity index (χ2v) is 15.5. The summed E-state index contributed by atoms with van der Waals surface area (Å²) in [7, 11) is 0. The smallest absolute Gasteiger partial charge is 0.101 e. The zero-order valence-electron chi connectivity index (χ0n) is 40.6. The summed E-state index contributed by atoms with van der Waals surface area (Å²) >= 11 is 0. The van der Waals surface area contributed by atoms with Crippen molar-refractivity contribution in [2.75, 3.05) is 185 Å². The first-order valence-corrected chi connectivity index (χ1v) is 25.1. The molecule has 0 aromatic rings. The van der Waals surface area contributed by atoms with Crippen molar-refractivity contribution in [1.82, 2.24) is 0 Å². The summed E-state index contributed by atoms with van der Waals surface area (Å²) in [5.41, 5.74) is 0. The van der Waals surface area contributed by atoms with Crippen LogP contribution in [0.5, 0.6) is 0 Å². The van der Waals surface area contributed by atoms with Gasteiger partial charge >= 0.3 is 0 Å². The van der Waals surface area contributed by atoms with Gasteiger partial charge < -0.3 is 71.4 Å². The number of ether oxygens (including phenoxy) is 14. The van der Waals surface area contributed by atoms with Crippen LogP contribution in [0, 0.1) is 0 Å². The van der Waals surface area contributed by atoms with Crippen LogP contribution in [0.1, 0.15) is 123 Å². The SMILES string of the molecule is CCCCCCCCCCCCCOCC(O)COCCOCCOCCOCCOCCOCCOCCOCCOCCOCCOCCOCCOCCCCCCCC. The van der Waals surface area contributed by atoms with Crippen LogP contribution in [0.25, 0.3) is 0 Å². The molecule has 0 saturated heterocycles. The molecular formula is C48H98O15. The molecule has 0 rings (SSSR count). The number of unbranched alkanes of at least 4 members (excludes halogenated alkanes) is 15. The van der Waals surface area contributed by atoms with E-state index in [0.29, 0.717) is 172 Å². The van der Waals surface area contributed by atoms with E-state index in [1.54, 1.807) is 0 Å². The van der Waals surface area contributed by atoms with Crippen molar-refractivity contribution >= 4 is 0 Å². The summed E-state index contributed by atoms with van der Waals surface area (Å²) in [4.78, 5) is 0. The second kappa shape index (κ2) is 59.4. The van der Waals surface area contributed by atoms with E-state index in [1.165, 1.54) is 96.3 Å². The van der Waals surface area contributed by atoms with Crippen molar-refractivity contribution in [3.63, 3.8) is 0 Å². The van der Waals surface area contributed by atoms with Gasteiger partial charge in [0.2, 0.25) is 0 Å². The van der Waals surface area contributed by atoms with Gasteiger partial charge in [0.25, 0.3) is 0 Å². The van der Waals surface area contributed by atoms with E-state index in [1.807, 2.05) is 0 Å². The maximum atomic E-state index is 10.0. The van der Waals surface area contributed by atoms with E-state index >= 15 is 0 Å². The highest BCUT2D eigenvalue weighted by Crippen LogP contribution is 2.11. The third-order valence-electron chi connectivity index (χ3n) is 9.62. The molecule has 0 aromatic carbocycles. The first-order chi connectivity index (χ1) is 31.3. The van der Waals surface area contributed by atoms with Crippen LogP contribution >= 0.6 is 0 Å². The molecule has 0 aliphatic carbocycles. The quantitative estimate of drug-likeness (QED) is 0.0610. The minimum absolute atomic E-state index is 0.251. The molecule has 15 nitrogen and oxygen atoms in total. The minimum Gasteiger partial charge on any atom is -0.388 e. The molecule has 0 spiro atoms. The Labute approximate surface area is 384 Å². The van der Waals surface area contributed by atoms with Gasteiger partial charge in [-0.15, -0.1) is 0 Å². The molecule has 380 valence electrons. The predicted molar refractivity (Wildman–Crippen MR) is 247 cm³/mol. The van der Waals surface area contributed by atoms with E-state index in [9.17, 15) is 5.11 Å². The molecule has 0 saturated carbocycles. The lowest BCUT2D eigenvalue weighted by Crippen LogP contribution is -2.23. The molecule has 0 fully saturated rings. The van der Waals surface area contributed by atoms with Crippen LogP contribution in [-0.4, -0.2) is 196 Å². The molecule has 63 heavy (non-hydrogen) atoms. The number of hydrogen-bond donors (Lipinski definition) is 1. The van der Waals surface area contributed by atoms with Crippen molar-refractivity contribution in [2.45, 2.75) is 129 Å². The van der Waals surface area contributed by atoms with Crippen LogP contribution in [-0.2, 0) is 66.3 Å². The molecule has 0 aromatic heterocycles. The third kappa shape index (κ3) is 59.4. The molecule has 15 heteroatoms. The van der Waals surface area contributed by atoms with Gasteiger partial charge in [-0.2, -0.15) is 0 Å². The van der Waals surface area contributed by atoms with Crippen molar-refractivity contribution in [3.8, 4) is 0 Å². The van der Waals surface area contributed by atoms with Crippen molar-refractivity contribution in [2.24, 2.45) is 0 Å².